The molecule has 1 heterocycles. The van der Waals surface area contributed by atoms with Crippen molar-refractivity contribution in [1.82, 2.24) is 10.3 Å². The molecule has 0 bridgehead atoms. The second kappa shape index (κ2) is 7.96. The van der Waals surface area contributed by atoms with Gasteiger partial charge in [-0.3, -0.25) is 0 Å². The van der Waals surface area contributed by atoms with Crippen molar-refractivity contribution in [3.8, 4) is 0 Å². The van der Waals surface area contributed by atoms with Gasteiger partial charge in [-0.15, -0.1) is 11.3 Å². The Labute approximate surface area is 126 Å². The molecule has 1 N–H and O–H groups in total. The van der Waals surface area contributed by atoms with Gasteiger partial charge < -0.3 is 15.0 Å². The summed E-state index contributed by atoms with van der Waals surface area (Å²) in [5.41, 5.74) is 1.10. The van der Waals surface area contributed by atoms with Gasteiger partial charge in [-0.2, -0.15) is 0 Å². The van der Waals surface area contributed by atoms with E-state index in [4.69, 9.17) is 9.72 Å². The fourth-order valence-corrected chi connectivity index (χ4v) is 3.80. The van der Waals surface area contributed by atoms with E-state index in [0.717, 1.165) is 30.3 Å². The number of hydrogen-bond acceptors (Lipinski definition) is 5. The Kier molecular flexibility index (Phi) is 6.26. The van der Waals surface area contributed by atoms with Gasteiger partial charge in [0.25, 0.3) is 0 Å². The van der Waals surface area contributed by atoms with Crippen molar-refractivity contribution in [2.45, 2.75) is 58.2 Å². The number of nitrogens with one attached hydrogen (secondary N) is 1. The number of nitrogens with zero attached hydrogens (tertiary/aromatic N) is 2. The van der Waals surface area contributed by atoms with E-state index in [1.165, 1.54) is 30.6 Å². The second-order valence-corrected chi connectivity index (χ2v) is 6.59. The van der Waals surface area contributed by atoms with E-state index in [9.17, 15) is 0 Å². The van der Waals surface area contributed by atoms with Crippen LogP contribution in [0.2, 0.25) is 0 Å². The van der Waals surface area contributed by atoms with Gasteiger partial charge in [0.1, 0.15) is 0 Å². The van der Waals surface area contributed by atoms with Crippen LogP contribution in [-0.4, -0.2) is 31.7 Å². The summed E-state index contributed by atoms with van der Waals surface area (Å²) in [5, 5.41) is 4.62. The molecule has 0 radical (unpaired) electrons. The smallest absolute Gasteiger partial charge is 0.185 e. The molecule has 1 aliphatic carbocycles. The minimum atomic E-state index is 0.609. The molecule has 1 aromatic heterocycles. The van der Waals surface area contributed by atoms with Crippen LogP contribution in [0.15, 0.2) is 0 Å². The van der Waals surface area contributed by atoms with E-state index in [0.29, 0.717) is 12.6 Å². The SMILES string of the molecule is CCCNCc1sc(N(C)C2CCCC2)nc1COC. The molecule has 1 fully saturated rings. The van der Waals surface area contributed by atoms with Crippen molar-refractivity contribution >= 4 is 16.5 Å². The number of aromatic nitrogens is 1. The van der Waals surface area contributed by atoms with Gasteiger partial charge in [0.05, 0.1) is 12.3 Å². The first kappa shape index (κ1) is 15.7. The van der Waals surface area contributed by atoms with Crippen LogP contribution in [0.4, 0.5) is 5.13 Å². The zero-order chi connectivity index (χ0) is 14.4. The van der Waals surface area contributed by atoms with Crippen molar-refractivity contribution < 1.29 is 4.74 Å². The maximum atomic E-state index is 5.29. The van der Waals surface area contributed by atoms with Crippen LogP contribution in [0, 0.1) is 0 Å². The topological polar surface area (TPSA) is 37.4 Å². The standard InChI is InChI=1S/C15H27N3OS/c1-4-9-16-10-14-13(11-19-3)17-15(20-14)18(2)12-7-5-6-8-12/h12,16H,4-11H2,1-3H3. The molecule has 1 aliphatic rings. The molecule has 4 nitrogen and oxygen atoms in total. The van der Waals surface area contributed by atoms with Crippen LogP contribution in [-0.2, 0) is 17.9 Å². The van der Waals surface area contributed by atoms with Gasteiger partial charge >= 0.3 is 0 Å². The summed E-state index contributed by atoms with van der Waals surface area (Å²) in [5.74, 6) is 0. The maximum absolute atomic E-state index is 5.29. The highest BCUT2D eigenvalue weighted by atomic mass is 32.1. The molecule has 0 unspecified atom stereocenters. The normalized spacial score (nSPS) is 15.9. The highest BCUT2D eigenvalue weighted by molar-refractivity contribution is 7.15. The number of rotatable bonds is 8. The summed E-state index contributed by atoms with van der Waals surface area (Å²) < 4.78 is 5.29. The lowest BCUT2D eigenvalue weighted by molar-refractivity contribution is 0.181. The van der Waals surface area contributed by atoms with Gasteiger partial charge in [-0.25, -0.2) is 4.98 Å². The predicted molar refractivity (Wildman–Crippen MR) is 85.5 cm³/mol. The van der Waals surface area contributed by atoms with E-state index >= 15 is 0 Å². The second-order valence-electron chi connectivity index (χ2n) is 5.53. The Hall–Kier alpha value is -0.650. The van der Waals surface area contributed by atoms with Crippen LogP contribution < -0.4 is 10.2 Å². The van der Waals surface area contributed by atoms with Gasteiger partial charge in [0.2, 0.25) is 0 Å². The molecular weight excluding hydrogens is 270 g/mol. The van der Waals surface area contributed by atoms with E-state index in [1.807, 2.05) is 11.3 Å². The minimum Gasteiger partial charge on any atom is -0.378 e. The highest BCUT2D eigenvalue weighted by Gasteiger charge is 2.23. The van der Waals surface area contributed by atoms with Crippen molar-refractivity contribution in [3.63, 3.8) is 0 Å². The maximum Gasteiger partial charge on any atom is 0.185 e. The Morgan fingerprint density at radius 1 is 1.40 bits per heavy atom. The Morgan fingerprint density at radius 2 is 2.15 bits per heavy atom. The van der Waals surface area contributed by atoms with Gasteiger partial charge in [-0.05, 0) is 25.8 Å². The molecular formula is C15H27N3OS. The average molecular weight is 297 g/mol. The van der Waals surface area contributed by atoms with E-state index < -0.39 is 0 Å². The minimum absolute atomic E-state index is 0.609. The largest absolute Gasteiger partial charge is 0.378 e. The van der Waals surface area contributed by atoms with Gasteiger partial charge in [-0.1, -0.05) is 19.8 Å². The lowest BCUT2D eigenvalue weighted by Crippen LogP contribution is -2.28. The van der Waals surface area contributed by atoms with E-state index in [-0.39, 0.29) is 0 Å². The first-order valence-electron chi connectivity index (χ1n) is 7.67. The molecule has 0 amide bonds. The molecule has 0 atom stereocenters. The van der Waals surface area contributed by atoms with Crippen molar-refractivity contribution in [2.24, 2.45) is 0 Å². The fraction of sp³-hybridized carbons (Fsp3) is 0.800. The summed E-state index contributed by atoms with van der Waals surface area (Å²) in [6.07, 6.45) is 6.48. The third kappa shape index (κ3) is 3.93. The lowest BCUT2D eigenvalue weighted by atomic mass is 10.2. The van der Waals surface area contributed by atoms with Crippen LogP contribution in [0.3, 0.4) is 0 Å². The summed E-state index contributed by atoms with van der Waals surface area (Å²) in [6.45, 7) is 4.76. The van der Waals surface area contributed by atoms with Crippen LogP contribution >= 0.6 is 11.3 Å². The highest BCUT2D eigenvalue weighted by Crippen LogP contribution is 2.32. The molecule has 1 aromatic rings. The molecule has 114 valence electrons. The number of hydrogen-bond donors (Lipinski definition) is 1. The van der Waals surface area contributed by atoms with Crippen molar-refractivity contribution in [1.29, 1.82) is 0 Å². The van der Waals surface area contributed by atoms with Crippen LogP contribution in [0.25, 0.3) is 0 Å². The van der Waals surface area contributed by atoms with Gasteiger partial charge in [0, 0.05) is 31.6 Å². The Balaban J connectivity index is 2.06. The van der Waals surface area contributed by atoms with Crippen LogP contribution in [0.5, 0.6) is 0 Å². The van der Waals surface area contributed by atoms with Crippen molar-refractivity contribution in [3.05, 3.63) is 10.6 Å². The first-order valence-corrected chi connectivity index (χ1v) is 8.49. The van der Waals surface area contributed by atoms with Crippen molar-refractivity contribution in [2.75, 3.05) is 25.6 Å². The number of anilines is 1. The van der Waals surface area contributed by atoms with E-state index in [1.54, 1.807) is 7.11 Å². The monoisotopic (exact) mass is 297 g/mol. The molecule has 0 spiro atoms. The first-order chi connectivity index (χ1) is 9.76. The summed E-state index contributed by atoms with van der Waals surface area (Å²) in [6, 6.07) is 0.674. The Morgan fingerprint density at radius 3 is 2.80 bits per heavy atom. The number of methoxy groups -OCH3 is 1. The quantitative estimate of drug-likeness (QED) is 0.748. The predicted octanol–water partition coefficient (Wildman–Crippen LogP) is 3.17. The zero-order valence-electron chi connectivity index (χ0n) is 12.9. The zero-order valence-corrected chi connectivity index (χ0v) is 13.8. The third-order valence-electron chi connectivity index (χ3n) is 3.93. The summed E-state index contributed by atoms with van der Waals surface area (Å²) in [7, 11) is 3.93. The molecule has 20 heavy (non-hydrogen) atoms. The molecule has 1 saturated carbocycles. The van der Waals surface area contributed by atoms with Crippen LogP contribution in [0.1, 0.15) is 49.6 Å². The molecule has 0 aliphatic heterocycles. The molecule has 5 heteroatoms. The third-order valence-corrected chi connectivity index (χ3v) is 5.12. The summed E-state index contributed by atoms with van der Waals surface area (Å²) in [4.78, 5) is 8.50. The van der Waals surface area contributed by atoms with E-state index in [2.05, 4.69) is 24.2 Å². The lowest BCUT2D eigenvalue weighted by Gasteiger charge is -2.23. The Bertz CT molecular complexity index is 402. The molecule has 2 rings (SSSR count). The summed E-state index contributed by atoms with van der Waals surface area (Å²) >= 11 is 1.82. The molecule has 0 aromatic carbocycles. The average Bonchev–Trinajstić information content (AvgIpc) is 3.09. The number of ether oxygens (including phenoxy) is 1. The molecule has 0 saturated heterocycles. The van der Waals surface area contributed by atoms with Gasteiger partial charge in [0.15, 0.2) is 5.13 Å². The fourth-order valence-electron chi connectivity index (χ4n) is 2.73. The number of thiazole rings is 1.